The molecule has 1 unspecified atom stereocenters. The van der Waals surface area contributed by atoms with Gasteiger partial charge in [-0.3, -0.25) is 4.79 Å². The van der Waals surface area contributed by atoms with Crippen LogP contribution in [0.25, 0.3) is 10.9 Å². The lowest BCUT2D eigenvalue weighted by atomic mass is 9.71. The summed E-state index contributed by atoms with van der Waals surface area (Å²) in [6.07, 6.45) is 5.89. The molecule has 1 spiro atoms. The Morgan fingerprint density at radius 2 is 1.84 bits per heavy atom. The smallest absolute Gasteiger partial charge is 0.407 e. The van der Waals surface area contributed by atoms with Crippen molar-refractivity contribution in [2.45, 2.75) is 50.5 Å². The van der Waals surface area contributed by atoms with Crippen LogP contribution >= 0.6 is 11.6 Å². The molecule has 1 aliphatic carbocycles. The second-order valence-corrected chi connectivity index (χ2v) is 13.1. The fourth-order valence-corrected chi connectivity index (χ4v) is 7.17. The largest absolute Gasteiger partial charge is 0.480 e. The molecule has 3 fully saturated rings. The topological polar surface area (TPSA) is 112 Å². The summed E-state index contributed by atoms with van der Waals surface area (Å²) in [4.78, 5) is 32.8. The van der Waals surface area contributed by atoms with Gasteiger partial charge in [0, 0.05) is 50.4 Å². The number of rotatable bonds is 4. The lowest BCUT2D eigenvalue weighted by molar-refractivity contribution is -0.0579. The average Bonchev–Trinajstić information content (AvgIpc) is 3.85. The van der Waals surface area contributed by atoms with Crippen LogP contribution in [0.4, 0.5) is 36.5 Å². The van der Waals surface area contributed by atoms with Crippen LogP contribution < -0.4 is 25.8 Å². The first-order valence-electron chi connectivity index (χ1n) is 15.1. The molecular formula is C31H35ClF2N6O4. The molecule has 234 valence electrons. The first-order chi connectivity index (χ1) is 21.0. The van der Waals surface area contributed by atoms with Crippen LogP contribution in [-0.2, 0) is 7.05 Å². The Kier molecular flexibility index (Phi) is 7.02. The summed E-state index contributed by atoms with van der Waals surface area (Å²) < 4.78 is 36.9. The molecule has 3 N–H and O–H groups in total. The zero-order chi connectivity index (χ0) is 30.8. The molecule has 10 nitrogen and oxygen atoms in total. The highest BCUT2D eigenvalue weighted by Crippen LogP contribution is 2.46. The number of alkyl halides is 2. The van der Waals surface area contributed by atoms with Crippen LogP contribution in [0.15, 0.2) is 35.3 Å². The van der Waals surface area contributed by atoms with Crippen LogP contribution in [-0.4, -0.2) is 70.4 Å². The average molecular weight is 629 g/mol. The van der Waals surface area contributed by atoms with E-state index in [2.05, 4.69) is 20.5 Å². The van der Waals surface area contributed by atoms with E-state index >= 15 is 8.78 Å². The Bertz CT molecular complexity index is 1680. The van der Waals surface area contributed by atoms with E-state index in [9.17, 15) is 14.7 Å². The molecule has 0 radical (unpaired) electrons. The monoisotopic (exact) mass is 628 g/mol. The van der Waals surface area contributed by atoms with E-state index in [1.807, 2.05) is 18.2 Å². The summed E-state index contributed by atoms with van der Waals surface area (Å²) in [5, 5.41) is 16.7. The molecule has 13 heteroatoms. The normalized spacial score (nSPS) is 22.6. The van der Waals surface area contributed by atoms with Crippen LogP contribution in [0.1, 0.15) is 38.5 Å². The molecule has 1 aromatic carbocycles. The lowest BCUT2D eigenvalue weighted by Crippen LogP contribution is -2.48. The number of ether oxygens (including phenoxy) is 1. The van der Waals surface area contributed by atoms with Gasteiger partial charge in [0.25, 0.3) is 5.56 Å². The molecule has 0 bridgehead atoms. The molecule has 1 amide bonds. The molecule has 2 aromatic heterocycles. The van der Waals surface area contributed by atoms with E-state index in [0.717, 1.165) is 44.6 Å². The molecule has 3 aliphatic heterocycles. The van der Waals surface area contributed by atoms with E-state index in [1.54, 1.807) is 19.3 Å². The fraction of sp³-hybridized carbons (Fsp3) is 0.516. The minimum Gasteiger partial charge on any atom is -0.480 e. The third-order valence-electron chi connectivity index (χ3n) is 9.97. The maximum atomic E-state index is 15.0. The van der Waals surface area contributed by atoms with E-state index < -0.39 is 30.2 Å². The van der Waals surface area contributed by atoms with Gasteiger partial charge in [0.2, 0.25) is 5.75 Å². The number of carbonyl (C=O) groups is 1. The Hall–Kier alpha value is -3.80. The molecule has 1 atom stereocenters. The van der Waals surface area contributed by atoms with Gasteiger partial charge in [0.15, 0.2) is 6.61 Å². The summed E-state index contributed by atoms with van der Waals surface area (Å²) in [5.74, 6) is -2.59. The van der Waals surface area contributed by atoms with E-state index in [-0.39, 0.29) is 17.1 Å². The van der Waals surface area contributed by atoms with E-state index in [4.69, 9.17) is 16.3 Å². The predicted octanol–water partition coefficient (Wildman–Crippen LogP) is 5.91. The maximum Gasteiger partial charge on any atom is 0.407 e. The summed E-state index contributed by atoms with van der Waals surface area (Å²) in [7, 11) is 1.60. The molecule has 44 heavy (non-hydrogen) atoms. The van der Waals surface area contributed by atoms with Gasteiger partial charge in [-0.25, -0.2) is 18.6 Å². The van der Waals surface area contributed by atoms with Crippen LogP contribution in [0, 0.1) is 11.3 Å². The number of fused-ring (bicyclic) bond motifs is 3. The quantitative estimate of drug-likeness (QED) is 0.327. The van der Waals surface area contributed by atoms with Crippen molar-refractivity contribution in [2.24, 2.45) is 18.4 Å². The van der Waals surface area contributed by atoms with Gasteiger partial charge in [-0.15, -0.1) is 0 Å². The standard InChI is InChI=1S/C31H35ClF2N6O4/c1-38-23-5-4-19(14-20(23)25-26(28(38)41)44-17-31(33,34)27(37-25)18-2-3-18)36-22-15-24(35-16-21(22)32)39-10-6-30(7-11-39)8-12-40(13-9-30)29(42)43/h4-5,14-16,18,27,37H,2-3,6-13,17H2,1H3,(H,35,36)(H,42,43). The fourth-order valence-electron chi connectivity index (χ4n) is 7.02. The van der Waals surface area contributed by atoms with Crippen molar-refractivity contribution in [2.75, 3.05) is 48.3 Å². The number of nitrogens with one attached hydrogen (secondary N) is 2. The summed E-state index contributed by atoms with van der Waals surface area (Å²) in [6, 6.07) is 6.22. The number of nitrogens with zero attached hydrogens (tertiary/aromatic N) is 4. The number of hydrogen-bond acceptors (Lipinski definition) is 7. The number of aryl methyl sites for hydroxylation is 1. The Balaban J connectivity index is 1.14. The van der Waals surface area contributed by atoms with Gasteiger partial charge in [0.1, 0.15) is 5.82 Å². The van der Waals surface area contributed by atoms with Crippen LogP contribution in [0.3, 0.4) is 0 Å². The SMILES string of the molecule is Cn1c(=O)c2c(c3cc(Nc4cc(N5CCC6(CCN(C(=O)O)CC6)CC5)ncc4Cl)ccc31)NC(C1CC1)C(F)(F)CO2. The van der Waals surface area contributed by atoms with Gasteiger partial charge < -0.3 is 34.8 Å². The maximum absolute atomic E-state index is 15.0. The van der Waals surface area contributed by atoms with Crippen molar-refractivity contribution in [3.8, 4) is 5.75 Å². The zero-order valence-electron chi connectivity index (χ0n) is 24.4. The second-order valence-electron chi connectivity index (χ2n) is 12.7. The number of carboxylic acid groups (broad SMARTS) is 1. The number of benzene rings is 1. The molecule has 2 saturated heterocycles. The van der Waals surface area contributed by atoms with E-state index in [0.29, 0.717) is 58.9 Å². The molecule has 1 saturated carbocycles. The van der Waals surface area contributed by atoms with Gasteiger partial charge in [-0.05, 0) is 68.1 Å². The van der Waals surface area contributed by atoms with Crippen LogP contribution in [0.5, 0.6) is 5.75 Å². The second kappa shape index (κ2) is 10.7. The predicted molar refractivity (Wildman–Crippen MR) is 165 cm³/mol. The van der Waals surface area contributed by atoms with Crippen molar-refractivity contribution in [1.82, 2.24) is 14.5 Å². The number of amides is 1. The number of piperidine rings is 2. The molecule has 5 heterocycles. The third kappa shape index (κ3) is 5.16. The third-order valence-corrected chi connectivity index (χ3v) is 10.3. The van der Waals surface area contributed by atoms with Gasteiger partial charge in [-0.2, -0.15) is 0 Å². The van der Waals surface area contributed by atoms with Crippen molar-refractivity contribution in [1.29, 1.82) is 0 Å². The molecule has 7 rings (SSSR count). The van der Waals surface area contributed by atoms with E-state index in [1.165, 1.54) is 9.47 Å². The number of hydrogen-bond donors (Lipinski definition) is 3. The number of halogens is 3. The summed E-state index contributed by atoms with van der Waals surface area (Å²) in [5.41, 5.74) is 1.89. The minimum absolute atomic E-state index is 0.0966. The van der Waals surface area contributed by atoms with Gasteiger partial charge >= 0.3 is 12.0 Å². The first-order valence-corrected chi connectivity index (χ1v) is 15.5. The Morgan fingerprint density at radius 3 is 2.52 bits per heavy atom. The minimum atomic E-state index is -3.11. The molecular weight excluding hydrogens is 594 g/mol. The lowest BCUT2D eigenvalue weighted by Gasteiger charge is -2.46. The highest BCUT2D eigenvalue weighted by molar-refractivity contribution is 6.33. The Morgan fingerprint density at radius 1 is 1.14 bits per heavy atom. The highest BCUT2D eigenvalue weighted by Gasteiger charge is 2.51. The Labute approximate surface area is 257 Å². The number of pyridine rings is 2. The van der Waals surface area contributed by atoms with Crippen molar-refractivity contribution < 1.29 is 23.4 Å². The van der Waals surface area contributed by atoms with Crippen molar-refractivity contribution >= 4 is 51.5 Å². The van der Waals surface area contributed by atoms with Crippen molar-refractivity contribution in [3.63, 3.8) is 0 Å². The summed E-state index contributed by atoms with van der Waals surface area (Å²) >= 11 is 6.58. The molecule has 3 aromatic rings. The number of likely N-dealkylation sites (tertiary alicyclic amines) is 1. The van der Waals surface area contributed by atoms with Crippen molar-refractivity contribution in [3.05, 3.63) is 45.8 Å². The number of aromatic nitrogens is 2. The highest BCUT2D eigenvalue weighted by atomic mass is 35.5. The number of anilines is 4. The first kappa shape index (κ1) is 28.9. The van der Waals surface area contributed by atoms with Gasteiger partial charge in [-0.1, -0.05) is 11.6 Å². The zero-order valence-corrected chi connectivity index (χ0v) is 25.2. The van der Waals surface area contributed by atoms with Gasteiger partial charge in [0.05, 0.1) is 34.2 Å². The molecule has 4 aliphatic rings. The summed E-state index contributed by atoms with van der Waals surface area (Å²) in [6.45, 7) is 1.94. The van der Waals surface area contributed by atoms with Crippen LogP contribution in [0.2, 0.25) is 5.02 Å².